The number of hydrogen-bond acceptors (Lipinski definition) is 4. The van der Waals surface area contributed by atoms with Gasteiger partial charge in [0.25, 0.3) is 5.69 Å². The fourth-order valence-corrected chi connectivity index (χ4v) is 3.05. The summed E-state index contributed by atoms with van der Waals surface area (Å²) in [7, 11) is 0. The van der Waals surface area contributed by atoms with Crippen LogP contribution in [0.15, 0.2) is 48.5 Å². The summed E-state index contributed by atoms with van der Waals surface area (Å²) in [5.41, 5.74) is 9.46. The number of nitro benzene ring substituents is 1. The van der Waals surface area contributed by atoms with Gasteiger partial charge in [-0.25, -0.2) is 4.98 Å². The summed E-state index contributed by atoms with van der Waals surface area (Å²) in [4.78, 5) is 15.8. The zero-order chi connectivity index (χ0) is 16.1. The Morgan fingerprint density at radius 2 is 1.74 bits per heavy atom. The zero-order valence-electron chi connectivity index (χ0n) is 12.4. The van der Waals surface area contributed by atoms with E-state index in [1.165, 1.54) is 6.07 Å². The number of nitrogens with two attached hydrogens (primary N) is 1. The van der Waals surface area contributed by atoms with E-state index in [0.717, 1.165) is 21.9 Å². The van der Waals surface area contributed by atoms with Gasteiger partial charge in [-0.1, -0.05) is 29.8 Å². The largest absolute Gasteiger partial charge is 0.398 e. The quantitative estimate of drug-likeness (QED) is 0.245. The topological polar surface area (TPSA) is 82.0 Å². The molecule has 0 spiro atoms. The maximum absolute atomic E-state index is 11.4. The van der Waals surface area contributed by atoms with E-state index in [2.05, 4.69) is 0 Å². The first-order valence-electron chi connectivity index (χ1n) is 7.22. The van der Waals surface area contributed by atoms with Gasteiger partial charge >= 0.3 is 0 Å². The lowest BCUT2D eigenvalue weighted by Gasteiger charge is -2.10. The van der Waals surface area contributed by atoms with Gasteiger partial charge in [0.05, 0.1) is 27.0 Å². The van der Waals surface area contributed by atoms with Gasteiger partial charge in [-0.15, -0.1) is 0 Å². The van der Waals surface area contributed by atoms with E-state index in [4.69, 9.17) is 10.7 Å². The first kappa shape index (κ1) is 13.5. The smallest absolute Gasteiger partial charge is 0.278 e. The van der Waals surface area contributed by atoms with E-state index < -0.39 is 0 Å². The highest BCUT2D eigenvalue weighted by Crippen LogP contribution is 2.37. The second-order valence-electron chi connectivity index (χ2n) is 5.64. The van der Waals surface area contributed by atoms with Crippen LogP contribution in [0.3, 0.4) is 0 Å². The number of nitro groups is 1. The summed E-state index contributed by atoms with van der Waals surface area (Å²) in [6.07, 6.45) is 0. The Balaban J connectivity index is 2.30. The van der Waals surface area contributed by atoms with Crippen molar-refractivity contribution in [3.63, 3.8) is 0 Å². The van der Waals surface area contributed by atoms with Crippen molar-refractivity contribution in [2.75, 3.05) is 5.73 Å². The van der Waals surface area contributed by atoms with Crippen molar-refractivity contribution >= 4 is 44.0 Å². The summed E-state index contributed by atoms with van der Waals surface area (Å²) in [5.74, 6) is 0. The van der Waals surface area contributed by atoms with E-state index in [0.29, 0.717) is 22.0 Å². The predicted molar refractivity (Wildman–Crippen MR) is 92.6 cm³/mol. The zero-order valence-corrected chi connectivity index (χ0v) is 12.4. The van der Waals surface area contributed by atoms with Gasteiger partial charge in [-0.2, -0.15) is 0 Å². The van der Waals surface area contributed by atoms with Crippen molar-refractivity contribution in [3.05, 3.63) is 64.2 Å². The van der Waals surface area contributed by atoms with Gasteiger partial charge in [-0.3, -0.25) is 10.1 Å². The molecule has 0 aliphatic rings. The van der Waals surface area contributed by atoms with Crippen LogP contribution in [0.2, 0.25) is 0 Å². The molecule has 0 radical (unpaired) electrons. The number of fused-ring (bicyclic) bond motifs is 4. The van der Waals surface area contributed by atoms with Crippen molar-refractivity contribution in [2.45, 2.75) is 6.92 Å². The lowest BCUT2D eigenvalue weighted by Crippen LogP contribution is -1.97. The van der Waals surface area contributed by atoms with Crippen LogP contribution >= 0.6 is 0 Å². The number of nitrogen functional groups attached to an aromatic ring is 1. The third kappa shape index (κ3) is 1.90. The highest BCUT2D eigenvalue weighted by molar-refractivity contribution is 6.17. The summed E-state index contributed by atoms with van der Waals surface area (Å²) in [6, 6.07) is 14.6. The molecule has 2 N–H and O–H groups in total. The molecule has 0 atom stereocenters. The molecular weight excluding hydrogens is 290 g/mol. The number of aromatic nitrogens is 1. The minimum absolute atomic E-state index is 0.0496. The lowest BCUT2D eigenvalue weighted by molar-refractivity contribution is -0.382. The molecule has 23 heavy (non-hydrogen) atoms. The number of pyridine rings is 1. The Hall–Kier alpha value is -3.21. The number of rotatable bonds is 1. The van der Waals surface area contributed by atoms with E-state index >= 15 is 0 Å². The van der Waals surface area contributed by atoms with E-state index in [9.17, 15) is 10.1 Å². The fraction of sp³-hybridized carbons (Fsp3) is 0.0556. The van der Waals surface area contributed by atoms with Crippen LogP contribution in [0.25, 0.3) is 32.6 Å². The monoisotopic (exact) mass is 303 g/mol. The van der Waals surface area contributed by atoms with E-state index in [-0.39, 0.29) is 10.6 Å². The SMILES string of the molecule is Cc1ccc2nc3c(cc([N+](=O)[O-])c4ccccc43)c(N)c2c1. The van der Waals surface area contributed by atoms with Gasteiger partial charge in [0.1, 0.15) is 0 Å². The molecule has 0 saturated heterocycles. The molecule has 4 rings (SSSR count). The van der Waals surface area contributed by atoms with E-state index in [1.807, 2.05) is 37.3 Å². The molecule has 0 unspecified atom stereocenters. The second kappa shape index (κ2) is 4.64. The molecule has 3 aromatic carbocycles. The van der Waals surface area contributed by atoms with Crippen LogP contribution in [0.4, 0.5) is 11.4 Å². The molecule has 4 aromatic rings. The Kier molecular flexibility index (Phi) is 2.72. The van der Waals surface area contributed by atoms with Crippen LogP contribution in [0, 0.1) is 17.0 Å². The van der Waals surface area contributed by atoms with Crippen molar-refractivity contribution < 1.29 is 4.92 Å². The standard InChI is InChI=1S/C18H13N3O2/c1-10-6-7-15-13(8-10)17(19)14-9-16(21(22)23)11-4-2-3-5-12(11)18(14)20-15/h2-9H,1H3,(H2,19,20). The maximum Gasteiger partial charge on any atom is 0.278 e. The molecule has 0 saturated carbocycles. The molecule has 0 aliphatic heterocycles. The lowest BCUT2D eigenvalue weighted by atomic mass is 10.0. The van der Waals surface area contributed by atoms with Crippen molar-refractivity contribution in [1.29, 1.82) is 0 Å². The minimum Gasteiger partial charge on any atom is -0.398 e. The minimum atomic E-state index is -0.373. The van der Waals surface area contributed by atoms with Gasteiger partial charge in [0.2, 0.25) is 0 Å². The average Bonchev–Trinajstić information content (AvgIpc) is 2.55. The van der Waals surface area contributed by atoms with Crippen LogP contribution in [-0.4, -0.2) is 9.91 Å². The molecule has 0 bridgehead atoms. The Labute approximate surface area is 131 Å². The maximum atomic E-state index is 11.4. The van der Waals surface area contributed by atoms with Crippen molar-refractivity contribution in [3.8, 4) is 0 Å². The van der Waals surface area contributed by atoms with Gasteiger partial charge in [0.15, 0.2) is 0 Å². The summed E-state index contributed by atoms with van der Waals surface area (Å²) in [5, 5.41) is 14.2. The number of benzene rings is 3. The number of nitrogens with zero attached hydrogens (tertiary/aromatic N) is 2. The van der Waals surface area contributed by atoms with Gasteiger partial charge in [0, 0.05) is 22.2 Å². The average molecular weight is 303 g/mol. The molecular formula is C18H13N3O2. The molecule has 1 heterocycles. The molecule has 112 valence electrons. The first-order chi connectivity index (χ1) is 11.1. The normalized spacial score (nSPS) is 11.3. The first-order valence-corrected chi connectivity index (χ1v) is 7.22. The van der Waals surface area contributed by atoms with Crippen LogP contribution in [-0.2, 0) is 0 Å². The molecule has 5 nitrogen and oxygen atoms in total. The Bertz CT molecular complexity index is 1120. The van der Waals surface area contributed by atoms with Crippen molar-refractivity contribution in [1.82, 2.24) is 4.98 Å². The molecule has 0 amide bonds. The third-order valence-electron chi connectivity index (χ3n) is 4.16. The molecule has 0 aliphatic carbocycles. The second-order valence-corrected chi connectivity index (χ2v) is 5.64. The predicted octanol–water partition coefficient (Wildman–Crippen LogP) is 4.34. The summed E-state index contributed by atoms with van der Waals surface area (Å²) < 4.78 is 0. The highest BCUT2D eigenvalue weighted by atomic mass is 16.6. The van der Waals surface area contributed by atoms with Crippen LogP contribution in [0.1, 0.15) is 5.56 Å². The van der Waals surface area contributed by atoms with E-state index in [1.54, 1.807) is 12.1 Å². The molecule has 1 aromatic heterocycles. The number of anilines is 1. The van der Waals surface area contributed by atoms with Crippen molar-refractivity contribution in [2.24, 2.45) is 0 Å². The number of aryl methyl sites for hydroxylation is 1. The summed E-state index contributed by atoms with van der Waals surface area (Å²) in [6.45, 7) is 1.98. The highest BCUT2D eigenvalue weighted by Gasteiger charge is 2.18. The molecule has 0 fully saturated rings. The van der Waals surface area contributed by atoms with Crippen LogP contribution < -0.4 is 5.73 Å². The number of non-ortho nitro benzene ring substituents is 1. The Morgan fingerprint density at radius 3 is 2.48 bits per heavy atom. The van der Waals surface area contributed by atoms with Crippen LogP contribution in [0.5, 0.6) is 0 Å². The summed E-state index contributed by atoms with van der Waals surface area (Å²) >= 11 is 0. The Morgan fingerprint density at radius 1 is 1.00 bits per heavy atom. The van der Waals surface area contributed by atoms with Gasteiger partial charge < -0.3 is 5.73 Å². The molecule has 5 heteroatoms. The van der Waals surface area contributed by atoms with Gasteiger partial charge in [-0.05, 0) is 25.1 Å². The third-order valence-corrected chi connectivity index (χ3v) is 4.16. The fourth-order valence-electron chi connectivity index (χ4n) is 3.05. The number of hydrogen-bond donors (Lipinski definition) is 1.